The number of esters is 1. The minimum absolute atomic E-state index is 0.106. The maximum atomic E-state index is 11.7. The van der Waals surface area contributed by atoms with Gasteiger partial charge in [-0.25, -0.2) is 9.59 Å². The number of rotatable bonds is 3. The standard InChI is InChI=1S/C10H14N2O7/c1-18-9(16)4-2-12(10(17)11-4)8-7(15)6(14)5(3-13)19-8/h2,5-8,13-15H,3H2,1H3,(H,11,17)/t5-,6-,7-,8-/m1/s1. The minimum Gasteiger partial charge on any atom is -0.464 e. The highest BCUT2D eigenvalue weighted by molar-refractivity contribution is 5.86. The molecule has 0 amide bonds. The minimum atomic E-state index is -1.39. The van der Waals surface area contributed by atoms with Gasteiger partial charge in [-0.05, 0) is 0 Å². The Morgan fingerprint density at radius 3 is 2.74 bits per heavy atom. The molecule has 4 N–H and O–H groups in total. The quantitative estimate of drug-likeness (QED) is 0.450. The number of H-pyrrole nitrogens is 1. The fourth-order valence-electron chi connectivity index (χ4n) is 1.92. The number of aliphatic hydroxyl groups excluding tert-OH is 3. The molecule has 9 nitrogen and oxygen atoms in total. The highest BCUT2D eigenvalue weighted by atomic mass is 16.6. The van der Waals surface area contributed by atoms with Crippen LogP contribution in [0.15, 0.2) is 11.0 Å². The summed E-state index contributed by atoms with van der Waals surface area (Å²) in [5.74, 6) is -0.748. The molecule has 0 aromatic carbocycles. The number of aromatic nitrogens is 2. The Bertz CT molecular complexity index is 522. The van der Waals surface area contributed by atoms with Crippen molar-refractivity contribution < 1.29 is 29.6 Å². The lowest BCUT2D eigenvalue weighted by molar-refractivity contribution is -0.0542. The van der Waals surface area contributed by atoms with Crippen LogP contribution < -0.4 is 5.69 Å². The van der Waals surface area contributed by atoms with Crippen molar-refractivity contribution in [1.82, 2.24) is 9.55 Å². The van der Waals surface area contributed by atoms with Crippen LogP contribution in [0.25, 0.3) is 0 Å². The van der Waals surface area contributed by atoms with E-state index in [1.54, 1.807) is 0 Å². The number of imidazole rings is 1. The Morgan fingerprint density at radius 1 is 1.53 bits per heavy atom. The third-order valence-corrected chi connectivity index (χ3v) is 2.94. The van der Waals surface area contributed by atoms with Gasteiger partial charge in [0.15, 0.2) is 6.23 Å². The van der Waals surface area contributed by atoms with Gasteiger partial charge in [-0.1, -0.05) is 0 Å². The van der Waals surface area contributed by atoms with Crippen LogP contribution in [0, 0.1) is 0 Å². The van der Waals surface area contributed by atoms with Crippen molar-refractivity contribution in [2.75, 3.05) is 13.7 Å². The van der Waals surface area contributed by atoms with Gasteiger partial charge < -0.3 is 24.8 Å². The van der Waals surface area contributed by atoms with Crippen LogP contribution in [0.1, 0.15) is 16.7 Å². The average Bonchev–Trinajstić information content (AvgIpc) is 2.91. The van der Waals surface area contributed by atoms with E-state index in [4.69, 9.17) is 9.84 Å². The molecule has 1 aromatic heterocycles. The molecule has 1 fully saturated rings. The van der Waals surface area contributed by atoms with Crippen molar-refractivity contribution in [1.29, 1.82) is 0 Å². The van der Waals surface area contributed by atoms with E-state index in [1.807, 2.05) is 0 Å². The first-order valence-electron chi connectivity index (χ1n) is 5.51. The van der Waals surface area contributed by atoms with E-state index in [0.29, 0.717) is 0 Å². The lowest BCUT2D eigenvalue weighted by atomic mass is 10.1. The van der Waals surface area contributed by atoms with Crippen LogP contribution in [0.4, 0.5) is 0 Å². The number of carbonyl (C=O) groups is 1. The van der Waals surface area contributed by atoms with Crippen LogP contribution in [-0.4, -0.2) is 62.9 Å². The lowest BCUT2D eigenvalue weighted by Crippen LogP contribution is -2.34. The van der Waals surface area contributed by atoms with E-state index >= 15 is 0 Å². The van der Waals surface area contributed by atoms with E-state index in [1.165, 1.54) is 0 Å². The smallest absolute Gasteiger partial charge is 0.356 e. The average molecular weight is 274 g/mol. The maximum absolute atomic E-state index is 11.7. The zero-order valence-electron chi connectivity index (χ0n) is 10.0. The molecule has 2 heterocycles. The zero-order valence-corrected chi connectivity index (χ0v) is 10.0. The van der Waals surface area contributed by atoms with Crippen molar-refractivity contribution in [3.8, 4) is 0 Å². The number of aromatic amines is 1. The first-order valence-corrected chi connectivity index (χ1v) is 5.51. The van der Waals surface area contributed by atoms with Gasteiger partial charge in [0, 0.05) is 6.20 Å². The molecule has 1 aliphatic rings. The highest BCUT2D eigenvalue weighted by Gasteiger charge is 2.44. The summed E-state index contributed by atoms with van der Waals surface area (Å²) in [4.78, 5) is 25.2. The second-order valence-corrected chi connectivity index (χ2v) is 4.10. The molecule has 0 aliphatic carbocycles. The number of hydrogen-bond acceptors (Lipinski definition) is 7. The Hall–Kier alpha value is -1.68. The van der Waals surface area contributed by atoms with Crippen molar-refractivity contribution in [2.45, 2.75) is 24.5 Å². The Labute approximate surface area is 107 Å². The predicted molar refractivity (Wildman–Crippen MR) is 59.4 cm³/mol. The number of carbonyl (C=O) groups excluding carboxylic acids is 1. The van der Waals surface area contributed by atoms with Gasteiger partial charge in [0.2, 0.25) is 0 Å². The molecule has 106 valence electrons. The normalized spacial score (nSPS) is 30.5. The van der Waals surface area contributed by atoms with Crippen LogP contribution in [0.3, 0.4) is 0 Å². The second kappa shape index (κ2) is 5.13. The predicted octanol–water partition coefficient (Wildman–Crippen LogP) is -2.43. The molecule has 4 atom stereocenters. The molecule has 0 radical (unpaired) electrons. The number of methoxy groups -OCH3 is 1. The summed E-state index contributed by atoms with van der Waals surface area (Å²) in [5, 5.41) is 28.3. The first kappa shape index (κ1) is 13.7. The number of nitrogens with one attached hydrogen (secondary N) is 1. The van der Waals surface area contributed by atoms with Gasteiger partial charge >= 0.3 is 11.7 Å². The molecule has 9 heteroatoms. The van der Waals surface area contributed by atoms with Gasteiger partial charge in [-0.15, -0.1) is 0 Å². The molecule has 0 spiro atoms. The van der Waals surface area contributed by atoms with Gasteiger partial charge in [-0.3, -0.25) is 9.55 Å². The van der Waals surface area contributed by atoms with Crippen molar-refractivity contribution in [3.05, 3.63) is 22.4 Å². The van der Waals surface area contributed by atoms with Crippen LogP contribution in [0.2, 0.25) is 0 Å². The topological polar surface area (TPSA) is 134 Å². The number of ether oxygens (including phenoxy) is 2. The first-order chi connectivity index (χ1) is 8.99. The summed E-state index contributed by atoms with van der Waals surface area (Å²) >= 11 is 0. The largest absolute Gasteiger partial charge is 0.464 e. The molecule has 0 unspecified atom stereocenters. The monoisotopic (exact) mass is 274 g/mol. The lowest BCUT2D eigenvalue weighted by Gasteiger charge is -2.14. The molecule has 1 aromatic rings. The Balaban J connectivity index is 2.30. The van der Waals surface area contributed by atoms with Gasteiger partial charge in [-0.2, -0.15) is 0 Å². The molecule has 1 saturated heterocycles. The van der Waals surface area contributed by atoms with Crippen molar-refractivity contribution >= 4 is 5.97 Å². The van der Waals surface area contributed by atoms with E-state index in [9.17, 15) is 19.8 Å². The molecule has 2 rings (SSSR count). The number of nitrogens with zero attached hydrogens (tertiary/aromatic N) is 1. The van der Waals surface area contributed by atoms with Gasteiger partial charge in [0.25, 0.3) is 0 Å². The summed E-state index contributed by atoms with van der Waals surface area (Å²) in [6.07, 6.45) is -3.78. The molecular formula is C10H14N2O7. The van der Waals surface area contributed by atoms with E-state index in [2.05, 4.69) is 9.72 Å². The Kier molecular flexibility index (Phi) is 3.71. The SMILES string of the molecule is COC(=O)c1cn([C@@H]2O[C@H](CO)[C@@H](O)[C@H]2O)c(=O)[nH]1. The third kappa shape index (κ3) is 2.28. The molecule has 0 saturated carbocycles. The summed E-state index contributed by atoms with van der Waals surface area (Å²) in [6.45, 7) is -0.502. The molecular weight excluding hydrogens is 260 g/mol. The Morgan fingerprint density at radius 2 is 2.21 bits per heavy atom. The van der Waals surface area contributed by atoms with E-state index < -0.39 is 42.8 Å². The summed E-state index contributed by atoms with van der Waals surface area (Å²) in [6, 6.07) is 0. The number of aliphatic hydroxyl groups is 3. The summed E-state index contributed by atoms with van der Waals surface area (Å²) < 4.78 is 10.5. The molecule has 1 aliphatic heterocycles. The van der Waals surface area contributed by atoms with Crippen molar-refractivity contribution in [2.24, 2.45) is 0 Å². The van der Waals surface area contributed by atoms with Crippen LogP contribution >= 0.6 is 0 Å². The molecule has 19 heavy (non-hydrogen) atoms. The van der Waals surface area contributed by atoms with Crippen LogP contribution in [-0.2, 0) is 9.47 Å². The van der Waals surface area contributed by atoms with Crippen molar-refractivity contribution in [3.63, 3.8) is 0 Å². The highest BCUT2D eigenvalue weighted by Crippen LogP contribution is 2.28. The summed E-state index contributed by atoms with van der Waals surface area (Å²) in [5.41, 5.74) is -0.805. The maximum Gasteiger partial charge on any atom is 0.356 e. The molecule has 0 bridgehead atoms. The van der Waals surface area contributed by atoms with Crippen LogP contribution in [0.5, 0.6) is 0 Å². The van der Waals surface area contributed by atoms with E-state index in [-0.39, 0.29) is 5.69 Å². The zero-order chi connectivity index (χ0) is 14.2. The fraction of sp³-hybridized carbons (Fsp3) is 0.600. The second-order valence-electron chi connectivity index (χ2n) is 4.10. The summed E-state index contributed by atoms with van der Waals surface area (Å²) in [7, 11) is 1.16. The third-order valence-electron chi connectivity index (χ3n) is 2.94. The van der Waals surface area contributed by atoms with Gasteiger partial charge in [0.1, 0.15) is 24.0 Å². The number of hydrogen-bond donors (Lipinski definition) is 4. The van der Waals surface area contributed by atoms with E-state index in [0.717, 1.165) is 17.9 Å². The fourth-order valence-corrected chi connectivity index (χ4v) is 1.92. The van der Waals surface area contributed by atoms with Gasteiger partial charge in [0.05, 0.1) is 13.7 Å².